The smallest absolute Gasteiger partial charge is 0.301 e. The molecule has 0 unspecified atom stereocenters. The van der Waals surface area contributed by atoms with E-state index in [9.17, 15) is 19.2 Å². The number of thiazole rings is 1. The lowest BCUT2D eigenvalue weighted by atomic mass is 10.0. The predicted molar refractivity (Wildman–Crippen MR) is 245 cm³/mol. The van der Waals surface area contributed by atoms with Crippen LogP contribution in [0.25, 0.3) is 32.4 Å². The van der Waals surface area contributed by atoms with Gasteiger partial charge in [-0.25, -0.2) is 15.0 Å². The number of aryl methyl sites for hydroxylation is 2. The van der Waals surface area contributed by atoms with Gasteiger partial charge in [0.2, 0.25) is 11.5 Å². The third kappa shape index (κ3) is 9.88. The first kappa shape index (κ1) is 41.9. The van der Waals surface area contributed by atoms with Crippen molar-refractivity contribution in [3.8, 4) is 32.6 Å². The van der Waals surface area contributed by atoms with Gasteiger partial charge in [-0.2, -0.15) is 0 Å². The van der Waals surface area contributed by atoms with E-state index in [0.29, 0.717) is 27.6 Å². The molecule has 0 radical (unpaired) electrons. The standard InChI is InChI=1S/C26H22N2O4.C25H19N3O2S/c1-18-12-15-23-27-24(22(30)14-13-21(29)20-10-6-3-7-11-20)25(26(31)28(23)16-18)32-17-19-8-4-2-5-9-19;1-17-12-13-21-27-22(24-26-14-20(31-24)19-10-6-3-7-11-19)23(25(29)28(21)15-17)30-16-18-8-4-2-5-9-18/h2-12,15-16H,13-14,17H2,1H3;2-15H,16H2,1H3. The number of benzene rings is 4. The average molecular weight is 852 g/mol. The topological polar surface area (TPSA) is 134 Å². The maximum Gasteiger partial charge on any atom is 0.301 e. The van der Waals surface area contributed by atoms with Gasteiger partial charge in [-0.05, 0) is 53.8 Å². The third-order valence-electron chi connectivity index (χ3n) is 10.0. The highest BCUT2D eigenvalue weighted by molar-refractivity contribution is 7.18. The summed E-state index contributed by atoms with van der Waals surface area (Å²) in [5, 5.41) is 0.655. The van der Waals surface area contributed by atoms with E-state index < -0.39 is 11.3 Å². The number of ether oxygens (including phenoxy) is 2. The molecule has 9 aromatic rings. The molecule has 11 nitrogen and oxygen atoms in total. The highest BCUT2D eigenvalue weighted by Gasteiger charge is 2.23. The molecule has 9 rings (SSSR count). The van der Waals surface area contributed by atoms with Crippen molar-refractivity contribution < 1.29 is 19.1 Å². The Morgan fingerprint density at radius 2 is 1.06 bits per heavy atom. The van der Waals surface area contributed by atoms with E-state index in [-0.39, 0.29) is 54.6 Å². The second-order valence-electron chi connectivity index (χ2n) is 14.7. The minimum Gasteiger partial charge on any atom is -0.481 e. The fourth-order valence-corrected chi connectivity index (χ4v) is 7.65. The van der Waals surface area contributed by atoms with Crippen molar-refractivity contribution in [2.24, 2.45) is 0 Å². The van der Waals surface area contributed by atoms with Gasteiger partial charge in [-0.15, -0.1) is 11.3 Å². The Labute approximate surface area is 366 Å². The molecule has 0 amide bonds. The Bertz CT molecular complexity index is 3170. The quantitative estimate of drug-likeness (QED) is 0.104. The number of ketones is 2. The van der Waals surface area contributed by atoms with Crippen molar-refractivity contribution in [1.82, 2.24) is 23.8 Å². The fourth-order valence-electron chi connectivity index (χ4n) is 6.74. The normalized spacial score (nSPS) is 10.9. The van der Waals surface area contributed by atoms with Gasteiger partial charge in [-0.3, -0.25) is 28.0 Å². The summed E-state index contributed by atoms with van der Waals surface area (Å²) in [5.41, 5.74) is 5.96. The molecular weight excluding hydrogens is 811 g/mol. The first-order valence-electron chi connectivity index (χ1n) is 20.2. The zero-order valence-corrected chi connectivity index (χ0v) is 35.3. The van der Waals surface area contributed by atoms with Crippen molar-refractivity contribution >= 4 is 34.2 Å². The Balaban J connectivity index is 0.000000173. The maximum absolute atomic E-state index is 13.3. The predicted octanol–water partition coefficient (Wildman–Crippen LogP) is 9.80. The number of hydrogen-bond donors (Lipinski definition) is 0. The number of rotatable bonds is 13. The second-order valence-corrected chi connectivity index (χ2v) is 15.7. The largest absolute Gasteiger partial charge is 0.481 e. The molecule has 0 aliphatic heterocycles. The molecule has 0 bridgehead atoms. The van der Waals surface area contributed by atoms with Gasteiger partial charge >= 0.3 is 11.1 Å². The molecule has 0 aliphatic carbocycles. The molecule has 12 heteroatoms. The number of carbonyl (C=O) groups excluding carboxylic acids is 2. The molecule has 0 atom stereocenters. The highest BCUT2D eigenvalue weighted by atomic mass is 32.1. The summed E-state index contributed by atoms with van der Waals surface area (Å²) in [6.07, 6.45) is 5.21. The van der Waals surface area contributed by atoms with Gasteiger partial charge in [0.05, 0.1) is 4.88 Å². The fraction of sp³-hybridized carbons (Fsp3) is 0.118. The zero-order valence-electron chi connectivity index (χ0n) is 34.5. The molecule has 0 saturated heterocycles. The first-order valence-corrected chi connectivity index (χ1v) is 21.1. The van der Waals surface area contributed by atoms with Gasteiger partial charge in [0.25, 0.3) is 0 Å². The van der Waals surface area contributed by atoms with E-state index in [4.69, 9.17) is 14.5 Å². The summed E-state index contributed by atoms with van der Waals surface area (Å²) in [7, 11) is 0. The number of pyridine rings is 2. The van der Waals surface area contributed by atoms with Crippen LogP contribution in [0.1, 0.15) is 55.9 Å². The number of hydrogen-bond acceptors (Lipinski definition) is 10. The van der Waals surface area contributed by atoms with Crippen LogP contribution in [0.5, 0.6) is 11.5 Å². The Kier molecular flexibility index (Phi) is 12.8. The summed E-state index contributed by atoms with van der Waals surface area (Å²) in [5.74, 6) is -0.439. The molecule has 0 spiro atoms. The van der Waals surface area contributed by atoms with Crippen LogP contribution in [0.3, 0.4) is 0 Å². The SMILES string of the molecule is Cc1ccc2nc(-c3ncc(-c4ccccc4)s3)c(OCc3ccccc3)c(=O)n2c1.Cc1ccc2nc(C(=O)CCC(=O)c3ccccc3)c(OCc3ccccc3)c(=O)n2c1. The summed E-state index contributed by atoms with van der Waals surface area (Å²) in [6.45, 7) is 4.21. The molecule has 4 aromatic carbocycles. The molecule has 63 heavy (non-hydrogen) atoms. The van der Waals surface area contributed by atoms with Crippen molar-refractivity contribution in [1.29, 1.82) is 0 Å². The van der Waals surface area contributed by atoms with E-state index in [1.165, 1.54) is 20.1 Å². The number of aromatic nitrogens is 5. The van der Waals surface area contributed by atoms with E-state index >= 15 is 0 Å². The average Bonchev–Trinajstić information content (AvgIpc) is 3.82. The summed E-state index contributed by atoms with van der Waals surface area (Å²) < 4.78 is 14.8. The lowest BCUT2D eigenvalue weighted by molar-refractivity contribution is 0.0912. The van der Waals surface area contributed by atoms with Crippen molar-refractivity contribution in [3.63, 3.8) is 0 Å². The summed E-state index contributed by atoms with van der Waals surface area (Å²) >= 11 is 1.49. The molecule has 0 saturated carbocycles. The van der Waals surface area contributed by atoms with Crippen LogP contribution in [0.15, 0.2) is 174 Å². The highest BCUT2D eigenvalue weighted by Crippen LogP contribution is 2.35. The maximum atomic E-state index is 13.3. The molecule has 5 heterocycles. The first-order chi connectivity index (χ1) is 30.7. The summed E-state index contributed by atoms with van der Waals surface area (Å²) in [6, 6.07) is 45.3. The van der Waals surface area contributed by atoms with Crippen molar-refractivity contribution in [2.45, 2.75) is 39.9 Å². The Hall–Kier alpha value is -7.83. The van der Waals surface area contributed by atoms with Crippen LogP contribution >= 0.6 is 11.3 Å². The molecular formula is C51H41N5O6S. The molecule has 312 valence electrons. The number of carbonyl (C=O) groups is 2. The Morgan fingerprint density at radius 3 is 1.65 bits per heavy atom. The van der Waals surface area contributed by atoms with E-state index in [0.717, 1.165) is 32.7 Å². The van der Waals surface area contributed by atoms with Crippen LogP contribution in [-0.4, -0.2) is 35.3 Å². The monoisotopic (exact) mass is 851 g/mol. The molecule has 0 N–H and O–H groups in total. The van der Waals surface area contributed by atoms with Crippen molar-refractivity contribution in [3.05, 3.63) is 218 Å². The van der Waals surface area contributed by atoms with Gasteiger partial charge in [-0.1, -0.05) is 133 Å². The molecule has 0 aliphatic rings. The van der Waals surface area contributed by atoms with Crippen LogP contribution in [0.2, 0.25) is 0 Å². The number of fused-ring (bicyclic) bond motifs is 2. The van der Waals surface area contributed by atoms with Crippen molar-refractivity contribution in [2.75, 3.05) is 0 Å². The van der Waals surface area contributed by atoms with E-state index in [1.54, 1.807) is 42.7 Å². The van der Waals surface area contributed by atoms with Crippen LogP contribution in [-0.2, 0) is 13.2 Å². The zero-order chi connectivity index (χ0) is 43.7. The minimum atomic E-state index is -0.452. The van der Waals surface area contributed by atoms with E-state index in [1.807, 2.05) is 135 Å². The van der Waals surface area contributed by atoms with Gasteiger partial charge in [0.1, 0.15) is 35.2 Å². The van der Waals surface area contributed by atoms with Gasteiger partial charge in [0.15, 0.2) is 17.3 Å². The van der Waals surface area contributed by atoms with Crippen LogP contribution in [0.4, 0.5) is 0 Å². The molecule has 0 fully saturated rings. The number of nitrogens with zero attached hydrogens (tertiary/aromatic N) is 5. The van der Waals surface area contributed by atoms with Crippen LogP contribution in [0, 0.1) is 13.8 Å². The molecule has 5 aromatic heterocycles. The van der Waals surface area contributed by atoms with Gasteiger partial charge in [0, 0.05) is 37.0 Å². The van der Waals surface area contributed by atoms with E-state index in [2.05, 4.69) is 9.97 Å². The second kappa shape index (κ2) is 19.3. The van der Waals surface area contributed by atoms with Gasteiger partial charge < -0.3 is 9.47 Å². The summed E-state index contributed by atoms with van der Waals surface area (Å²) in [4.78, 5) is 66.7. The lowest BCUT2D eigenvalue weighted by Crippen LogP contribution is -2.23. The van der Waals surface area contributed by atoms with Crippen LogP contribution < -0.4 is 20.6 Å². The minimum absolute atomic E-state index is 0.0237. The third-order valence-corrected chi connectivity index (χ3v) is 11.1. The number of Topliss-reactive ketones (excluding diaryl/α,β-unsaturated/α-hetero) is 2. The Morgan fingerprint density at radius 1 is 0.571 bits per heavy atom. The lowest BCUT2D eigenvalue weighted by Gasteiger charge is -2.12.